The van der Waals surface area contributed by atoms with Crippen molar-refractivity contribution in [1.82, 2.24) is 4.98 Å². The maximum atomic E-state index is 10.8. The van der Waals surface area contributed by atoms with Crippen LogP contribution in [-0.4, -0.2) is 9.91 Å². The second-order valence-electron chi connectivity index (χ2n) is 3.99. The number of aromatic nitrogens is 1. The van der Waals surface area contributed by atoms with Gasteiger partial charge in [-0.1, -0.05) is 29.8 Å². The summed E-state index contributed by atoms with van der Waals surface area (Å²) < 4.78 is 0. The summed E-state index contributed by atoms with van der Waals surface area (Å²) >= 11 is 0. The van der Waals surface area contributed by atoms with Crippen LogP contribution in [0, 0.1) is 17.0 Å². The van der Waals surface area contributed by atoms with Gasteiger partial charge in [0.1, 0.15) is 11.9 Å². The molecule has 0 aliphatic carbocycles. The summed E-state index contributed by atoms with van der Waals surface area (Å²) in [5.41, 5.74) is 2.72. The molecule has 0 atom stereocenters. The van der Waals surface area contributed by atoms with Gasteiger partial charge < -0.3 is 5.32 Å². The highest BCUT2D eigenvalue weighted by Gasteiger charge is 2.12. The Morgan fingerprint density at radius 1 is 1.39 bits per heavy atom. The molecule has 1 heterocycles. The highest BCUT2D eigenvalue weighted by molar-refractivity contribution is 5.59. The second kappa shape index (κ2) is 5.27. The fourth-order valence-corrected chi connectivity index (χ4v) is 1.70. The van der Waals surface area contributed by atoms with Crippen molar-refractivity contribution in [3.05, 3.63) is 64.0 Å². The van der Waals surface area contributed by atoms with Gasteiger partial charge in [0.25, 0.3) is 0 Å². The van der Waals surface area contributed by atoms with E-state index in [1.165, 1.54) is 18.0 Å². The van der Waals surface area contributed by atoms with Crippen LogP contribution in [-0.2, 0) is 6.54 Å². The summed E-state index contributed by atoms with van der Waals surface area (Å²) in [6, 6.07) is 9.60. The number of aryl methyl sites for hydroxylation is 1. The number of rotatable bonds is 4. The van der Waals surface area contributed by atoms with Crippen LogP contribution < -0.4 is 5.32 Å². The van der Waals surface area contributed by atoms with Crippen molar-refractivity contribution in [1.29, 1.82) is 0 Å². The summed E-state index contributed by atoms with van der Waals surface area (Å²) in [4.78, 5) is 14.1. The van der Waals surface area contributed by atoms with Crippen LogP contribution in [0.4, 0.5) is 11.4 Å². The topological polar surface area (TPSA) is 68.1 Å². The molecule has 0 saturated heterocycles. The van der Waals surface area contributed by atoms with E-state index in [4.69, 9.17) is 0 Å². The molecule has 0 spiro atoms. The van der Waals surface area contributed by atoms with E-state index in [2.05, 4.69) is 10.3 Å². The Morgan fingerprint density at radius 3 is 2.94 bits per heavy atom. The maximum Gasteiger partial charge on any atom is 0.310 e. The normalized spacial score (nSPS) is 10.1. The highest BCUT2D eigenvalue weighted by atomic mass is 16.6. The summed E-state index contributed by atoms with van der Waals surface area (Å²) in [6.07, 6.45) is 2.78. The number of benzene rings is 1. The number of nitrogens with one attached hydrogen (secondary N) is 1. The lowest BCUT2D eigenvalue weighted by Crippen LogP contribution is -2.03. The number of nitro groups is 1. The molecule has 1 aromatic heterocycles. The van der Waals surface area contributed by atoms with Crippen molar-refractivity contribution in [2.75, 3.05) is 5.32 Å². The smallest absolute Gasteiger partial charge is 0.310 e. The Balaban J connectivity index is 2.13. The molecule has 18 heavy (non-hydrogen) atoms. The Kier molecular flexibility index (Phi) is 3.52. The minimum absolute atomic E-state index is 0.00912. The average Bonchev–Trinajstić information content (AvgIpc) is 2.37. The fraction of sp³-hybridized carbons (Fsp3) is 0.154. The number of hydrogen-bond donors (Lipinski definition) is 1. The van der Waals surface area contributed by atoms with Crippen molar-refractivity contribution in [3.63, 3.8) is 0 Å². The van der Waals surface area contributed by atoms with E-state index in [-0.39, 0.29) is 5.69 Å². The summed E-state index contributed by atoms with van der Waals surface area (Å²) in [7, 11) is 0. The van der Waals surface area contributed by atoms with Crippen LogP contribution in [0.2, 0.25) is 0 Å². The number of nitrogens with zero attached hydrogens (tertiary/aromatic N) is 2. The molecule has 0 radical (unpaired) electrons. The third kappa shape index (κ3) is 2.82. The van der Waals surface area contributed by atoms with Crippen LogP contribution in [0.5, 0.6) is 0 Å². The van der Waals surface area contributed by atoms with Gasteiger partial charge in [-0.05, 0) is 18.6 Å². The molecular formula is C13H13N3O2. The van der Waals surface area contributed by atoms with E-state index in [1.807, 2.05) is 31.2 Å². The molecule has 5 nitrogen and oxygen atoms in total. The molecule has 0 unspecified atom stereocenters. The summed E-state index contributed by atoms with van der Waals surface area (Å²) in [6.45, 7) is 2.56. The van der Waals surface area contributed by atoms with Crippen LogP contribution in [0.25, 0.3) is 0 Å². The van der Waals surface area contributed by atoms with Crippen LogP contribution in [0.3, 0.4) is 0 Å². The minimum Gasteiger partial charge on any atom is -0.375 e. The first-order chi connectivity index (χ1) is 8.66. The third-order valence-electron chi connectivity index (χ3n) is 2.56. The predicted molar refractivity (Wildman–Crippen MR) is 69.4 cm³/mol. The van der Waals surface area contributed by atoms with Crippen LogP contribution in [0.1, 0.15) is 11.1 Å². The van der Waals surface area contributed by atoms with E-state index in [0.717, 1.165) is 5.56 Å². The second-order valence-corrected chi connectivity index (χ2v) is 3.99. The molecule has 0 aliphatic rings. The van der Waals surface area contributed by atoms with Crippen molar-refractivity contribution in [3.8, 4) is 0 Å². The first kappa shape index (κ1) is 12.0. The van der Waals surface area contributed by atoms with Gasteiger partial charge in [0, 0.05) is 12.7 Å². The zero-order valence-electron chi connectivity index (χ0n) is 9.96. The number of anilines is 1. The third-order valence-corrected chi connectivity index (χ3v) is 2.56. The Bertz CT molecular complexity index is 570. The molecule has 2 aromatic rings. The zero-order chi connectivity index (χ0) is 13.0. The molecule has 2 rings (SSSR count). The SMILES string of the molecule is Cc1cccc(CNc2ccncc2[N+](=O)[O-])c1. The fourth-order valence-electron chi connectivity index (χ4n) is 1.70. The summed E-state index contributed by atoms with van der Waals surface area (Å²) in [5.74, 6) is 0. The standard InChI is InChI=1S/C13H13N3O2/c1-10-3-2-4-11(7-10)8-15-12-5-6-14-9-13(12)16(17)18/h2-7,9H,8H2,1H3,(H,14,15). The molecule has 0 bridgehead atoms. The lowest BCUT2D eigenvalue weighted by molar-refractivity contribution is -0.384. The molecule has 0 saturated carbocycles. The minimum atomic E-state index is -0.439. The van der Waals surface area contributed by atoms with Gasteiger partial charge in [0.2, 0.25) is 0 Å². The molecule has 92 valence electrons. The number of hydrogen-bond acceptors (Lipinski definition) is 4. The first-order valence-electron chi connectivity index (χ1n) is 5.54. The van der Waals surface area contributed by atoms with Gasteiger partial charge in [-0.2, -0.15) is 0 Å². The molecule has 0 fully saturated rings. The molecule has 0 aliphatic heterocycles. The quantitative estimate of drug-likeness (QED) is 0.662. The zero-order valence-corrected chi connectivity index (χ0v) is 9.96. The van der Waals surface area contributed by atoms with E-state index in [9.17, 15) is 10.1 Å². The van der Waals surface area contributed by atoms with Gasteiger partial charge in [-0.3, -0.25) is 15.1 Å². The monoisotopic (exact) mass is 243 g/mol. The average molecular weight is 243 g/mol. The van der Waals surface area contributed by atoms with Crippen LogP contribution >= 0.6 is 0 Å². The Labute approximate surface area is 105 Å². The molecule has 5 heteroatoms. The van der Waals surface area contributed by atoms with E-state index in [0.29, 0.717) is 12.2 Å². The van der Waals surface area contributed by atoms with E-state index < -0.39 is 4.92 Å². The molecule has 0 amide bonds. The summed E-state index contributed by atoms with van der Waals surface area (Å²) in [5, 5.41) is 13.9. The molecular weight excluding hydrogens is 230 g/mol. The van der Waals surface area contributed by atoms with Gasteiger partial charge in [-0.15, -0.1) is 0 Å². The van der Waals surface area contributed by atoms with E-state index in [1.54, 1.807) is 6.07 Å². The van der Waals surface area contributed by atoms with Crippen LogP contribution in [0.15, 0.2) is 42.7 Å². The number of pyridine rings is 1. The van der Waals surface area contributed by atoms with Crippen molar-refractivity contribution in [2.24, 2.45) is 0 Å². The van der Waals surface area contributed by atoms with E-state index >= 15 is 0 Å². The van der Waals surface area contributed by atoms with Crippen molar-refractivity contribution >= 4 is 11.4 Å². The predicted octanol–water partition coefficient (Wildman–Crippen LogP) is 2.91. The Hall–Kier alpha value is -2.43. The largest absolute Gasteiger partial charge is 0.375 e. The van der Waals surface area contributed by atoms with Gasteiger partial charge in [0.05, 0.1) is 4.92 Å². The van der Waals surface area contributed by atoms with Crippen molar-refractivity contribution in [2.45, 2.75) is 13.5 Å². The molecule has 1 aromatic carbocycles. The highest BCUT2D eigenvalue weighted by Crippen LogP contribution is 2.22. The molecule has 1 N–H and O–H groups in total. The lowest BCUT2D eigenvalue weighted by Gasteiger charge is -2.07. The van der Waals surface area contributed by atoms with Crippen molar-refractivity contribution < 1.29 is 4.92 Å². The lowest BCUT2D eigenvalue weighted by atomic mass is 10.1. The van der Waals surface area contributed by atoms with Gasteiger partial charge >= 0.3 is 5.69 Å². The maximum absolute atomic E-state index is 10.8. The first-order valence-corrected chi connectivity index (χ1v) is 5.54. The van der Waals surface area contributed by atoms with Gasteiger partial charge in [0.15, 0.2) is 0 Å². The van der Waals surface area contributed by atoms with Gasteiger partial charge in [-0.25, -0.2) is 0 Å². The Morgan fingerprint density at radius 2 is 2.22 bits per heavy atom.